The van der Waals surface area contributed by atoms with Crippen LogP contribution in [0.5, 0.6) is 5.75 Å². The summed E-state index contributed by atoms with van der Waals surface area (Å²) in [6.45, 7) is 7.49. The molecule has 0 aliphatic heterocycles. The van der Waals surface area contributed by atoms with Gasteiger partial charge in [-0.1, -0.05) is 54.2 Å². The number of aliphatic hydroxyl groups is 1. The number of carbonyl (C=O) groups excluding carboxylic acids is 4. The molecule has 12 nitrogen and oxygen atoms in total. The van der Waals surface area contributed by atoms with Gasteiger partial charge in [0.1, 0.15) is 30.2 Å². The topological polar surface area (TPSA) is 164 Å². The Morgan fingerprint density at radius 2 is 1.54 bits per heavy atom. The monoisotopic (exact) mass is 652 g/mol. The second-order valence-corrected chi connectivity index (χ2v) is 12.0. The number of esters is 1. The maximum Gasteiger partial charge on any atom is 0.408 e. The van der Waals surface area contributed by atoms with Gasteiger partial charge in [-0.3, -0.25) is 20.4 Å². The number of carbonyl (C=O) groups is 4. The second-order valence-electron chi connectivity index (χ2n) is 11.0. The Morgan fingerprint density at radius 3 is 2.17 bits per heavy atom. The first-order valence-electron chi connectivity index (χ1n) is 14.6. The number of aliphatic hydroxyl groups excluding tert-OH is 1. The van der Waals surface area contributed by atoms with E-state index in [0.29, 0.717) is 23.6 Å². The highest BCUT2D eigenvalue weighted by Gasteiger charge is 2.25. The quantitative estimate of drug-likeness (QED) is 0.0986. The fourth-order valence-electron chi connectivity index (χ4n) is 3.90. The Morgan fingerprint density at radius 1 is 0.870 bits per heavy atom. The molecule has 0 saturated carbocycles. The lowest BCUT2D eigenvalue weighted by Gasteiger charge is -2.23. The lowest BCUT2D eigenvalue weighted by Crippen LogP contribution is -2.53. The highest BCUT2D eigenvalue weighted by Crippen LogP contribution is 2.17. The molecule has 0 aromatic heterocycles. The number of amides is 3. The van der Waals surface area contributed by atoms with Crippen LogP contribution < -0.4 is 26.2 Å². The summed E-state index contributed by atoms with van der Waals surface area (Å²) in [4.78, 5) is 49.7. The van der Waals surface area contributed by atoms with Gasteiger partial charge in [0.05, 0.1) is 12.2 Å². The average molecular weight is 653 g/mol. The van der Waals surface area contributed by atoms with Gasteiger partial charge in [0.15, 0.2) is 0 Å². The van der Waals surface area contributed by atoms with Gasteiger partial charge in [0, 0.05) is 17.9 Å². The van der Waals surface area contributed by atoms with Crippen molar-refractivity contribution in [1.29, 1.82) is 0 Å². The second kappa shape index (κ2) is 17.7. The van der Waals surface area contributed by atoms with E-state index in [2.05, 4.69) is 21.5 Å². The van der Waals surface area contributed by atoms with E-state index >= 15 is 0 Å². The molecule has 3 rings (SSSR count). The van der Waals surface area contributed by atoms with Crippen LogP contribution in [0.25, 0.3) is 0 Å². The van der Waals surface area contributed by atoms with E-state index in [9.17, 15) is 24.3 Å². The zero-order valence-electron chi connectivity index (χ0n) is 26.2. The number of anilines is 1. The van der Waals surface area contributed by atoms with E-state index in [4.69, 9.17) is 14.2 Å². The Labute approximate surface area is 272 Å². The summed E-state index contributed by atoms with van der Waals surface area (Å²) in [5.74, 6) is -0.540. The van der Waals surface area contributed by atoms with Gasteiger partial charge >= 0.3 is 12.1 Å². The molecule has 0 saturated heterocycles. The van der Waals surface area contributed by atoms with Crippen molar-refractivity contribution < 1.29 is 38.5 Å². The van der Waals surface area contributed by atoms with E-state index in [-0.39, 0.29) is 18.8 Å². The molecule has 0 aliphatic rings. The molecule has 0 spiro atoms. The summed E-state index contributed by atoms with van der Waals surface area (Å²) in [7, 11) is 0. The third kappa shape index (κ3) is 13.1. The smallest absolute Gasteiger partial charge is 0.408 e. The lowest BCUT2D eigenvalue weighted by atomic mass is 10.1. The number of hydrogen-bond acceptors (Lipinski definition) is 10. The lowest BCUT2D eigenvalue weighted by molar-refractivity contribution is -0.123. The minimum absolute atomic E-state index is 0.0559. The summed E-state index contributed by atoms with van der Waals surface area (Å²) in [5, 5.41) is 15.0. The first-order valence-corrected chi connectivity index (χ1v) is 15.6. The zero-order chi connectivity index (χ0) is 33.5. The van der Waals surface area contributed by atoms with Gasteiger partial charge < -0.3 is 30.0 Å². The van der Waals surface area contributed by atoms with Crippen LogP contribution in [0.3, 0.4) is 0 Å². The minimum Gasteiger partial charge on any atom is -0.489 e. The number of hydrogen-bond donors (Lipinski definition) is 5. The molecule has 46 heavy (non-hydrogen) atoms. The van der Waals surface area contributed by atoms with Crippen molar-refractivity contribution in [1.82, 2.24) is 16.2 Å². The number of thioether (sulfide) groups is 1. The summed E-state index contributed by atoms with van der Waals surface area (Å²) in [6, 6.07) is 22.1. The number of ether oxygens (including phenoxy) is 3. The van der Waals surface area contributed by atoms with Crippen LogP contribution in [-0.2, 0) is 27.3 Å². The Balaban J connectivity index is 1.51. The molecule has 3 amide bonds. The van der Waals surface area contributed by atoms with Crippen LogP contribution in [0.15, 0.2) is 78.9 Å². The largest absolute Gasteiger partial charge is 0.489 e. The van der Waals surface area contributed by atoms with Gasteiger partial charge in [0.25, 0.3) is 11.1 Å². The molecule has 5 N–H and O–H groups in total. The fraction of sp³-hybridized carbons (Fsp3) is 0.333. The third-order valence-electron chi connectivity index (χ3n) is 6.01. The summed E-state index contributed by atoms with van der Waals surface area (Å²) < 4.78 is 16.1. The van der Waals surface area contributed by atoms with Gasteiger partial charge in [-0.2, -0.15) is 0 Å². The van der Waals surface area contributed by atoms with Crippen molar-refractivity contribution in [3.8, 4) is 5.75 Å². The van der Waals surface area contributed by atoms with Crippen molar-refractivity contribution in [3.05, 3.63) is 95.6 Å². The maximum absolute atomic E-state index is 13.1. The predicted molar refractivity (Wildman–Crippen MR) is 175 cm³/mol. The standard InChI is InChI=1S/C33H40N4O8S/c1-5-43-30(40)24-13-15-25(16-14-24)34-28(38)21-46-32(42)37-36-29(39)27(35-31(41)45-33(2,3)4)19-22-11-17-26(18-12-22)44-20-23-9-7-6-8-10-23/h6-18,27-28,34,38H,5,19-21H2,1-4H3,(H,35,41)(H,36,39)(H,37,42)/t27-,28?/m0/s1. The maximum atomic E-state index is 13.1. The zero-order valence-corrected chi connectivity index (χ0v) is 27.0. The van der Waals surface area contributed by atoms with Crippen molar-refractivity contribution in [2.24, 2.45) is 0 Å². The number of hydrazine groups is 1. The third-order valence-corrected chi connectivity index (χ3v) is 6.85. The number of rotatable bonds is 13. The first kappa shape index (κ1) is 35.7. The SMILES string of the molecule is CCOC(=O)c1ccc(NC(O)CSC(=O)NNC(=O)[C@H](Cc2ccc(OCc3ccccc3)cc2)NC(=O)OC(C)(C)C)cc1. The highest BCUT2D eigenvalue weighted by atomic mass is 32.2. The Kier molecular flexibility index (Phi) is 13.7. The van der Waals surface area contributed by atoms with Crippen LogP contribution in [-0.4, -0.2) is 58.5 Å². The molecule has 0 bridgehead atoms. The van der Waals surface area contributed by atoms with E-state index < -0.39 is 41.1 Å². The van der Waals surface area contributed by atoms with Crippen LogP contribution in [0.4, 0.5) is 15.3 Å². The number of nitrogens with one attached hydrogen (secondary N) is 4. The predicted octanol–water partition coefficient (Wildman–Crippen LogP) is 4.78. The molecule has 3 aromatic rings. The molecular weight excluding hydrogens is 612 g/mol. The van der Waals surface area contributed by atoms with Crippen LogP contribution >= 0.6 is 11.8 Å². The molecule has 246 valence electrons. The van der Waals surface area contributed by atoms with Gasteiger partial charge in [-0.15, -0.1) is 0 Å². The Bertz CT molecular complexity index is 1430. The van der Waals surface area contributed by atoms with Gasteiger partial charge in [-0.05, 0) is 75.2 Å². The Hall–Kier alpha value is -4.75. The van der Waals surface area contributed by atoms with Crippen LogP contribution in [0.2, 0.25) is 0 Å². The van der Waals surface area contributed by atoms with E-state index in [1.165, 1.54) is 0 Å². The molecule has 13 heteroatoms. The van der Waals surface area contributed by atoms with Crippen LogP contribution in [0, 0.1) is 0 Å². The van der Waals surface area contributed by atoms with Crippen LogP contribution in [0.1, 0.15) is 49.2 Å². The summed E-state index contributed by atoms with van der Waals surface area (Å²) in [6.07, 6.45) is -1.80. The molecule has 2 atom stereocenters. The molecular formula is C33H40N4O8S. The van der Waals surface area contributed by atoms with E-state index in [1.807, 2.05) is 30.3 Å². The van der Waals surface area contributed by atoms with E-state index in [1.54, 1.807) is 76.2 Å². The van der Waals surface area contributed by atoms with Crippen molar-refractivity contribution in [2.75, 3.05) is 17.7 Å². The van der Waals surface area contributed by atoms with Crippen molar-refractivity contribution in [3.63, 3.8) is 0 Å². The molecule has 0 heterocycles. The first-order chi connectivity index (χ1) is 21.9. The number of benzene rings is 3. The minimum atomic E-state index is -1.11. The number of alkyl carbamates (subject to hydrolysis) is 1. The van der Waals surface area contributed by atoms with Crippen molar-refractivity contribution in [2.45, 2.75) is 58.6 Å². The normalized spacial score (nSPS) is 12.2. The molecule has 3 aromatic carbocycles. The molecule has 0 aliphatic carbocycles. The van der Waals surface area contributed by atoms with Gasteiger partial charge in [-0.25, -0.2) is 9.59 Å². The molecule has 0 fully saturated rings. The average Bonchev–Trinajstić information content (AvgIpc) is 3.02. The van der Waals surface area contributed by atoms with Crippen molar-refractivity contribution >= 4 is 40.7 Å². The highest BCUT2D eigenvalue weighted by molar-refractivity contribution is 8.13. The summed E-state index contributed by atoms with van der Waals surface area (Å²) in [5.41, 5.74) is 6.48. The molecule has 0 radical (unpaired) electrons. The molecule has 1 unspecified atom stereocenters. The van der Waals surface area contributed by atoms with Gasteiger partial charge in [0.2, 0.25) is 0 Å². The summed E-state index contributed by atoms with van der Waals surface area (Å²) >= 11 is 0.725. The fourth-order valence-corrected chi connectivity index (χ4v) is 4.41. The van der Waals surface area contributed by atoms with E-state index in [0.717, 1.165) is 22.9 Å².